The van der Waals surface area contributed by atoms with Crippen molar-refractivity contribution >= 4 is 15.9 Å². The minimum atomic E-state index is 0.0952. The SMILES string of the molecule is N#Cc1cc(Br)c(O)c(-c2ccc3c(c2)OCO3)c1. The summed E-state index contributed by atoms with van der Waals surface area (Å²) in [6, 6.07) is 10.7. The molecule has 0 spiro atoms. The van der Waals surface area contributed by atoms with Gasteiger partial charge in [0.25, 0.3) is 0 Å². The van der Waals surface area contributed by atoms with Crippen LogP contribution in [0.5, 0.6) is 17.2 Å². The van der Waals surface area contributed by atoms with E-state index in [1.54, 1.807) is 24.3 Å². The first kappa shape index (κ1) is 11.9. The van der Waals surface area contributed by atoms with E-state index in [-0.39, 0.29) is 12.5 Å². The predicted octanol–water partition coefficient (Wildman–Crippen LogP) is 3.42. The van der Waals surface area contributed by atoms with Gasteiger partial charge in [-0.1, -0.05) is 6.07 Å². The lowest BCUT2D eigenvalue weighted by molar-refractivity contribution is 0.174. The topological polar surface area (TPSA) is 62.5 Å². The lowest BCUT2D eigenvalue weighted by Crippen LogP contribution is -1.92. The van der Waals surface area contributed by atoms with Crippen molar-refractivity contribution in [1.29, 1.82) is 5.26 Å². The summed E-state index contributed by atoms with van der Waals surface area (Å²) in [6.07, 6.45) is 0. The maximum absolute atomic E-state index is 10.1. The molecule has 19 heavy (non-hydrogen) atoms. The molecule has 2 aromatic rings. The number of phenolic OH excluding ortho intramolecular Hbond substituents is 1. The third-order valence-corrected chi connectivity index (χ3v) is 3.48. The van der Waals surface area contributed by atoms with E-state index in [2.05, 4.69) is 22.0 Å². The molecular weight excluding hydrogens is 310 g/mol. The quantitative estimate of drug-likeness (QED) is 0.875. The molecule has 0 radical (unpaired) electrons. The highest BCUT2D eigenvalue weighted by Gasteiger charge is 2.16. The first-order valence-corrected chi connectivity index (χ1v) is 6.31. The molecule has 0 amide bonds. The van der Waals surface area contributed by atoms with Crippen LogP contribution in [0.2, 0.25) is 0 Å². The molecule has 0 atom stereocenters. The number of halogens is 1. The number of benzene rings is 2. The summed E-state index contributed by atoms with van der Waals surface area (Å²) in [4.78, 5) is 0. The number of ether oxygens (including phenoxy) is 2. The zero-order valence-corrected chi connectivity index (χ0v) is 11.3. The van der Waals surface area contributed by atoms with Crippen LogP contribution in [0.15, 0.2) is 34.8 Å². The monoisotopic (exact) mass is 317 g/mol. The number of nitrogens with zero attached hydrogens (tertiary/aromatic N) is 1. The van der Waals surface area contributed by atoms with Crippen molar-refractivity contribution in [3.63, 3.8) is 0 Å². The summed E-state index contributed by atoms with van der Waals surface area (Å²) >= 11 is 3.24. The van der Waals surface area contributed by atoms with Gasteiger partial charge >= 0.3 is 0 Å². The molecule has 5 heteroatoms. The average molecular weight is 318 g/mol. The summed E-state index contributed by atoms with van der Waals surface area (Å²) in [5, 5.41) is 19.1. The Hall–Kier alpha value is -2.19. The smallest absolute Gasteiger partial charge is 0.231 e. The van der Waals surface area contributed by atoms with Crippen molar-refractivity contribution < 1.29 is 14.6 Å². The van der Waals surface area contributed by atoms with E-state index in [0.29, 0.717) is 27.1 Å². The normalized spacial score (nSPS) is 12.2. The summed E-state index contributed by atoms with van der Waals surface area (Å²) in [5.74, 6) is 1.41. The highest BCUT2D eigenvalue weighted by Crippen LogP contribution is 2.41. The van der Waals surface area contributed by atoms with Crippen LogP contribution in [-0.4, -0.2) is 11.9 Å². The van der Waals surface area contributed by atoms with Crippen LogP contribution in [0, 0.1) is 11.3 Å². The Morgan fingerprint density at radius 2 is 1.95 bits per heavy atom. The van der Waals surface area contributed by atoms with Crippen LogP contribution >= 0.6 is 15.9 Å². The molecule has 1 aliphatic heterocycles. The molecule has 0 fully saturated rings. The lowest BCUT2D eigenvalue weighted by atomic mass is 10.0. The zero-order valence-electron chi connectivity index (χ0n) is 9.68. The van der Waals surface area contributed by atoms with E-state index < -0.39 is 0 Å². The average Bonchev–Trinajstić information content (AvgIpc) is 2.88. The van der Waals surface area contributed by atoms with Crippen molar-refractivity contribution in [2.24, 2.45) is 0 Å². The van der Waals surface area contributed by atoms with Gasteiger partial charge in [-0.3, -0.25) is 0 Å². The molecule has 1 aliphatic rings. The Kier molecular flexibility index (Phi) is 2.80. The highest BCUT2D eigenvalue weighted by molar-refractivity contribution is 9.10. The molecule has 0 saturated carbocycles. The maximum atomic E-state index is 10.1. The molecule has 0 bridgehead atoms. The molecule has 0 saturated heterocycles. The van der Waals surface area contributed by atoms with Crippen molar-refractivity contribution in [3.05, 3.63) is 40.4 Å². The van der Waals surface area contributed by atoms with Gasteiger partial charge < -0.3 is 14.6 Å². The zero-order chi connectivity index (χ0) is 13.4. The van der Waals surface area contributed by atoms with E-state index in [4.69, 9.17) is 14.7 Å². The molecule has 1 heterocycles. The number of aromatic hydroxyl groups is 1. The van der Waals surface area contributed by atoms with Crippen molar-refractivity contribution in [1.82, 2.24) is 0 Å². The summed E-state index contributed by atoms with van der Waals surface area (Å²) in [6.45, 7) is 0.201. The van der Waals surface area contributed by atoms with E-state index >= 15 is 0 Å². The van der Waals surface area contributed by atoms with Gasteiger partial charge in [0.05, 0.1) is 16.1 Å². The third kappa shape index (κ3) is 2.00. The number of hydrogen-bond acceptors (Lipinski definition) is 4. The molecule has 2 aromatic carbocycles. The van der Waals surface area contributed by atoms with Crippen molar-refractivity contribution in [3.8, 4) is 34.4 Å². The van der Waals surface area contributed by atoms with Crippen LogP contribution in [0.3, 0.4) is 0 Å². The summed E-state index contributed by atoms with van der Waals surface area (Å²) in [7, 11) is 0. The second-order valence-electron chi connectivity index (χ2n) is 4.03. The number of nitriles is 1. The summed E-state index contributed by atoms with van der Waals surface area (Å²) in [5.41, 5.74) is 1.81. The Balaban J connectivity index is 2.17. The molecular formula is C14H8BrNO3. The Morgan fingerprint density at radius 1 is 1.16 bits per heavy atom. The number of rotatable bonds is 1. The second kappa shape index (κ2) is 4.48. The summed E-state index contributed by atoms with van der Waals surface area (Å²) < 4.78 is 11.0. The molecule has 94 valence electrons. The minimum absolute atomic E-state index is 0.0952. The van der Waals surface area contributed by atoms with Gasteiger partial charge in [0, 0.05) is 5.56 Å². The first-order chi connectivity index (χ1) is 9.19. The first-order valence-electron chi connectivity index (χ1n) is 5.51. The van der Waals surface area contributed by atoms with Gasteiger partial charge in [0.15, 0.2) is 11.5 Å². The molecule has 1 N–H and O–H groups in total. The predicted molar refractivity (Wildman–Crippen MR) is 72.1 cm³/mol. The van der Waals surface area contributed by atoms with E-state index in [0.717, 1.165) is 5.56 Å². The molecule has 4 nitrogen and oxygen atoms in total. The molecule has 3 rings (SSSR count). The maximum Gasteiger partial charge on any atom is 0.231 e. The van der Waals surface area contributed by atoms with Crippen LogP contribution < -0.4 is 9.47 Å². The van der Waals surface area contributed by atoms with Gasteiger partial charge in [0.2, 0.25) is 6.79 Å². The molecule has 0 unspecified atom stereocenters. The third-order valence-electron chi connectivity index (χ3n) is 2.88. The Bertz CT molecular complexity index is 707. The van der Waals surface area contributed by atoms with Crippen LogP contribution in [-0.2, 0) is 0 Å². The lowest BCUT2D eigenvalue weighted by Gasteiger charge is -2.08. The molecule has 0 aromatic heterocycles. The van der Waals surface area contributed by atoms with E-state index in [9.17, 15) is 5.11 Å². The Morgan fingerprint density at radius 3 is 2.74 bits per heavy atom. The molecule has 0 aliphatic carbocycles. The van der Waals surface area contributed by atoms with Gasteiger partial charge in [-0.05, 0) is 45.8 Å². The minimum Gasteiger partial charge on any atom is -0.506 e. The van der Waals surface area contributed by atoms with Crippen LogP contribution in [0.4, 0.5) is 0 Å². The van der Waals surface area contributed by atoms with Crippen molar-refractivity contribution in [2.45, 2.75) is 0 Å². The van der Waals surface area contributed by atoms with Gasteiger partial charge in [-0.15, -0.1) is 0 Å². The Labute approximate surface area is 117 Å². The fourth-order valence-electron chi connectivity index (χ4n) is 1.95. The van der Waals surface area contributed by atoms with Crippen molar-refractivity contribution in [2.75, 3.05) is 6.79 Å². The van der Waals surface area contributed by atoms with E-state index in [1.807, 2.05) is 6.07 Å². The number of phenols is 1. The second-order valence-corrected chi connectivity index (χ2v) is 4.89. The van der Waals surface area contributed by atoms with E-state index in [1.165, 1.54) is 0 Å². The fraction of sp³-hybridized carbons (Fsp3) is 0.0714. The number of fused-ring (bicyclic) bond motifs is 1. The van der Waals surface area contributed by atoms with Gasteiger partial charge in [-0.25, -0.2) is 0 Å². The fourth-order valence-corrected chi connectivity index (χ4v) is 2.41. The number of hydrogen-bond donors (Lipinski definition) is 1. The van der Waals surface area contributed by atoms with Gasteiger partial charge in [-0.2, -0.15) is 5.26 Å². The van der Waals surface area contributed by atoms with Gasteiger partial charge in [0.1, 0.15) is 5.75 Å². The van der Waals surface area contributed by atoms with Crippen LogP contribution in [0.1, 0.15) is 5.56 Å². The van der Waals surface area contributed by atoms with Crippen LogP contribution in [0.25, 0.3) is 11.1 Å². The highest BCUT2D eigenvalue weighted by atomic mass is 79.9. The largest absolute Gasteiger partial charge is 0.506 e. The standard InChI is InChI=1S/C14H8BrNO3/c15-11-4-8(6-16)3-10(14(11)17)9-1-2-12-13(5-9)19-7-18-12/h1-5,17H,7H2.